The van der Waals surface area contributed by atoms with E-state index in [1.165, 1.54) is 11.3 Å². The molecular formula is C23H26N6O3S. The number of rotatable bonds is 7. The van der Waals surface area contributed by atoms with Gasteiger partial charge in [0.05, 0.1) is 17.7 Å². The molecular weight excluding hydrogens is 440 g/mol. The Balaban J connectivity index is 1.38. The largest absolute Gasteiger partial charge is 0.481 e. The zero-order valence-corrected chi connectivity index (χ0v) is 19.1. The lowest BCUT2D eigenvalue weighted by Gasteiger charge is -2.35. The second-order valence-corrected chi connectivity index (χ2v) is 8.73. The second kappa shape index (κ2) is 10.5. The molecule has 3 N–H and O–H groups in total. The number of carbonyl (C=O) groups excluding carboxylic acids is 1. The maximum atomic E-state index is 12.5. The number of aromatic nitrogens is 3. The van der Waals surface area contributed by atoms with Gasteiger partial charge in [-0.15, -0.1) is 11.3 Å². The first-order valence-corrected chi connectivity index (χ1v) is 11.8. The highest BCUT2D eigenvalue weighted by atomic mass is 32.1. The maximum absolute atomic E-state index is 12.5. The number of amides is 2. The lowest BCUT2D eigenvalue weighted by molar-refractivity contribution is -0.143. The molecule has 0 radical (unpaired) electrons. The Morgan fingerprint density at radius 3 is 2.55 bits per heavy atom. The van der Waals surface area contributed by atoms with Gasteiger partial charge in [0.15, 0.2) is 0 Å². The molecule has 2 amide bonds. The predicted molar refractivity (Wildman–Crippen MR) is 127 cm³/mol. The standard InChI is InChI=1S/C23H26N6O3S/c1-2-18(29-12-8-16(9-13-29)22(30)31)17-4-3-5-19(25-17)27-23(32)28-20-14-33-21(26-20)15-6-10-24-11-7-15/h3-7,10-11,14,16,18H,2,8-9,12-13H2,1H3,(H,30,31)(H2,25,27,28,32). The molecule has 1 aliphatic rings. The first-order valence-electron chi connectivity index (χ1n) is 10.9. The molecule has 4 heterocycles. The smallest absolute Gasteiger partial charge is 0.326 e. The summed E-state index contributed by atoms with van der Waals surface area (Å²) in [6, 6.07) is 8.96. The highest BCUT2D eigenvalue weighted by Crippen LogP contribution is 2.29. The Labute approximate surface area is 195 Å². The number of carbonyl (C=O) groups is 2. The molecule has 0 spiro atoms. The van der Waals surface area contributed by atoms with Crippen molar-refractivity contribution in [1.82, 2.24) is 19.9 Å². The molecule has 0 saturated carbocycles. The van der Waals surface area contributed by atoms with E-state index in [0.29, 0.717) is 24.5 Å². The number of likely N-dealkylation sites (tertiary alicyclic amines) is 1. The van der Waals surface area contributed by atoms with E-state index in [1.807, 2.05) is 24.3 Å². The molecule has 3 aromatic heterocycles. The zero-order chi connectivity index (χ0) is 23.2. The van der Waals surface area contributed by atoms with E-state index in [1.54, 1.807) is 23.8 Å². The third-order valence-corrected chi connectivity index (χ3v) is 6.62. The first kappa shape index (κ1) is 22.8. The van der Waals surface area contributed by atoms with E-state index in [0.717, 1.165) is 35.8 Å². The fourth-order valence-electron chi connectivity index (χ4n) is 4.04. The number of carboxylic acid groups (broad SMARTS) is 1. The maximum Gasteiger partial charge on any atom is 0.326 e. The Morgan fingerprint density at radius 1 is 1.12 bits per heavy atom. The summed E-state index contributed by atoms with van der Waals surface area (Å²) >= 11 is 1.44. The first-order chi connectivity index (χ1) is 16.0. The summed E-state index contributed by atoms with van der Waals surface area (Å²) in [4.78, 5) is 39.1. The van der Waals surface area contributed by atoms with Crippen LogP contribution < -0.4 is 10.6 Å². The van der Waals surface area contributed by atoms with Gasteiger partial charge in [0, 0.05) is 23.3 Å². The third kappa shape index (κ3) is 5.71. The number of anilines is 2. The van der Waals surface area contributed by atoms with Gasteiger partial charge in [0.2, 0.25) is 0 Å². The van der Waals surface area contributed by atoms with Gasteiger partial charge in [-0.1, -0.05) is 13.0 Å². The van der Waals surface area contributed by atoms with Crippen molar-refractivity contribution in [1.29, 1.82) is 0 Å². The summed E-state index contributed by atoms with van der Waals surface area (Å²) in [6.07, 6.45) is 5.53. The Kier molecular flexibility index (Phi) is 7.26. The van der Waals surface area contributed by atoms with Crippen LogP contribution in [0.3, 0.4) is 0 Å². The fraction of sp³-hybridized carbons (Fsp3) is 0.348. The van der Waals surface area contributed by atoms with Crippen LogP contribution in [-0.4, -0.2) is 50.0 Å². The minimum Gasteiger partial charge on any atom is -0.481 e. The summed E-state index contributed by atoms with van der Waals surface area (Å²) < 4.78 is 0. The van der Waals surface area contributed by atoms with Gasteiger partial charge in [-0.25, -0.2) is 14.8 Å². The SMILES string of the molecule is CCC(c1cccc(NC(=O)Nc2csc(-c3ccncc3)n2)n1)N1CCC(C(=O)O)CC1. The predicted octanol–water partition coefficient (Wildman–Crippen LogP) is 4.49. The average molecular weight is 467 g/mol. The number of nitrogens with zero attached hydrogens (tertiary/aromatic N) is 4. The van der Waals surface area contributed by atoms with Gasteiger partial charge in [-0.3, -0.25) is 25.3 Å². The monoisotopic (exact) mass is 466 g/mol. The molecule has 9 nitrogen and oxygen atoms in total. The van der Waals surface area contributed by atoms with E-state index in [4.69, 9.17) is 0 Å². The Bertz CT molecular complexity index is 1100. The van der Waals surface area contributed by atoms with Crippen LogP contribution in [0.2, 0.25) is 0 Å². The number of urea groups is 1. The zero-order valence-electron chi connectivity index (χ0n) is 18.3. The molecule has 0 aromatic carbocycles. The van der Waals surface area contributed by atoms with E-state index in [-0.39, 0.29) is 12.0 Å². The molecule has 0 bridgehead atoms. The molecule has 10 heteroatoms. The molecule has 1 unspecified atom stereocenters. The third-order valence-electron chi connectivity index (χ3n) is 5.73. The Hall–Kier alpha value is -3.37. The van der Waals surface area contributed by atoms with Crippen molar-refractivity contribution in [3.05, 3.63) is 53.8 Å². The second-order valence-electron chi connectivity index (χ2n) is 7.87. The lowest BCUT2D eigenvalue weighted by atomic mass is 9.95. The van der Waals surface area contributed by atoms with Crippen LogP contribution in [0, 0.1) is 5.92 Å². The number of thiazole rings is 1. The molecule has 1 saturated heterocycles. The lowest BCUT2D eigenvalue weighted by Crippen LogP contribution is -2.39. The molecule has 4 rings (SSSR count). The van der Waals surface area contributed by atoms with E-state index >= 15 is 0 Å². The highest BCUT2D eigenvalue weighted by molar-refractivity contribution is 7.13. The van der Waals surface area contributed by atoms with Crippen molar-refractivity contribution in [3.8, 4) is 10.6 Å². The van der Waals surface area contributed by atoms with Crippen LogP contribution in [0.4, 0.5) is 16.4 Å². The van der Waals surface area contributed by atoms with Crippen LogP contribution in [0.1, 0.15) is 37.9 Å². The van der Waals surface area contributed by atoms with E-state index in [2.05, 4.69) is 37.4 Å². The molecule has 172 valence electrons. The number of piperidine rings is 1. The quantitative estimate of drug-likeness (QED) is 0.469. The number of carboxylic acids is 1. The van der Waals surface area contributed by atoms with Crippen LogP contribution in [0.5, 0.6) is 0 Å². The molecule has 1 atom stereocenters. The van der Waals surface area contributed by atoms with Crippen molar-refractivity contribution in [2.24, 2.45) is 5.92 Å². The molecule has 3 aromatic rings. The molecule has 0 aliphatic carbocycles. The van der Waals surface area contributed by atoms with Crippen molar-refractivity contribution in [2.75, 3.05) is 23.7 Å². The topological polar surface area (TPSA) is 120 Å². The molecule has 1 aliphatic heterocycles. The molecule has 1 fully saturated rings. The van der Waals surface area contributed by atoms with Gasteiger partial charge in [-0.05, 0) is 56.6 Å². The average Bonchev–Trinajstić information content (AvgIpc) is 3.29. The number of hydrogen-bond donors (Lipinski definition) is 3. The number of nitrogens with one attached hydrogen (secondary N) is 2. The van der Waals surface area contributed by atoms with Gasteiger partial charge in [0.1, 0.15) is 16.6 Å². The summed E-state index contributed by atoms with van der Waals surface area (Å²) in [6.45, 7) is 3.53. The minimum atomic E-state index is -0.717. The van der Waals surface area contributed by atoms with Gasteiger partial charge in [-0.2, -0.15) is 0 Å². The van der Waals surface area contributed by atoms with Gasteiger partial charge < -0.3 is 5.11 Å². The summed E-state index contributed by atoms with van der Waals surface area (Å²) in [7, 11) is 0. The van der Waals surface area contributed by atoms with Crippen LogP contribution >= 0.6 is 11.3 Å². The fourth-order valence-corrected chi connectivity index (χ4v) is 4.80. The van der Waals surface area contributed by atoms with Crippen molar-refractivity contribution in [3.63, 3.8) is 0 Å². The van der Waals surface area contributed by atoms with Crippen LogP contribution in [-0.2, 0) is 4.79 Å². The van der Waals surface area contributed by atoms with Crippen molar-refractivity contribution < 1.29 is 14.7 Å². The van der Waals surface area contributed by atoms with Gasteiger partial charge >= 0.3 is 12.0 Å². The number of aliphatic carboxylic acids is 1. The number of pyridine rings is 2. The van der Waals surface area contributed by atoms with E-state index in [9.17, 15) is 14.7 Å². The van der Waals surface area contributed by atoms with Crippen molar-refractivity contribution in [2.45, 2.75) is 32.2 Å². The minimum absolute atomic E-state index is 0.0750. The van der Waals surface area contributed by atoms with Crippen LogP contribution in [0.25, 0.3) is 10.6 Å². The van der Waals surface area contributed by atoms with Gasteiger partial charge in [0.25, 0.3) is 0 Å². The number of hydrogen-bond acceptors (Lipinski definition) is 7. The molecule has 33 heavy (non-hydrogen) atoms. The van der Waals surface area contributed by atoms with E-state index < -0.39 is 12.0 Å². The Morgan fingerprint density at radius 2 is 1.85 bits per heavy atom. The summed E-state index contributed by atoms with van der Waals surface area (Å²) in [5.41, 5.74) is 1.80. The highest BCUT2D eigenvalue weighted by Gasteiger charge is 2.29. The summed E-state index contributed by atoms with van der Waals surface area (Å²) in [5.74, 6) is -0.0686. The van der Waals surface area contributed by atoms with Crippen LogP contribution in [0.15, 0.2) is 48.1 Å². The normalized spacial score (nSPS) is 15.7. The summed E-state index contributed by atoms with van der Waals surface area (Å²) in [5, 5.41) is 17.4. The van der Waals surface area contributed by atoms with Crippen molar-refractivity contribution >= 4 is 35.0 Å².